The number of aliphatic hydroxyl groups excluding tert-OH is 1. The lowest BCUT2D eigenvalue weighted by atomic mass is 9.77. The van der Waals surface area contributed by atoms with Crippen LogP contribution in [0.2, 0.25) is 0 Å². The number of amides is 2. The first-order valence-electron chi connectivity index (χ1n) is 23.2. The number of esters is 3. The van der Waals surface area contributed by atoms with Crippen molar-refractivity contribution in [3.8, 4) is 34.5 Å². The van der Waals surface area contributed by atoms with Crippen LogP contribution < -0.4 is 34.3 Å². The number of hydrogen-bond donors (Lipinski definition) is 3. The van der Waals surface area contributed by atoms with Gasteiger partial charge in [-0.3, -0.25) is 19.2 Å². The van der Waals surface area contributed by atoms with Crippen molar-refractivity contribution in [2.75, 3.05) is 33.9 Å². The van der Waals surface area contributed by atoms with E-state index in [1.54, 1.807) is 78.3 Å². The van der Waals surface area contributed by atoms with E-state index in [0.717, 1.165) is 16.7 Å². The van der Waals surface area contributed by atoms with Gasteiger partial charge in [-0.05, 0) is 77.4 Å². The molecule has 6 aromatic rings. The van der Waals surface area contributed by atoms with E-state index in [0.29, 0.717) is 28.2 Å². The standard InChI is InChI=1S/C56H54N2O13/c1-33(2)52(62)68-41-21-24-45-48(31-41)70-49-32-42(69-53(63)34(3)4)22-25-46(49)56(45)44-23-12-35(30-43(44)54(64)71-56)50(60)57-27-28-58-51(61)47(59)26-29-67-55(36-10-8-7-9-11-36,37-13-17-39(65-5)18-14-37)38-15-19-40(66-6)20-16-38/h7-25,30-34,47,59H,26-29H2,1-6H3,(H,57,60)(H,58,61)/t47-/m1/s1. The van der Waals surface area contributed by atoms with Crippen LogP contribution in [-0.4, -0.2) is 74.8 Å². The summed E-state index contributed by atoms with van der Waals surface area (Å²) in [5.74, 6) is -1.41. The smallest absolute Gasteiger partial charge is 0.340 e. The van der Waals surface area contributed by atoms with Crippen molar-refractivity contribution in [3.05, 3.63) is 178 Å². The molecule has 1 spiro atoms. The Morgan fingerprint density at radius 1 is 0.620 bits per heavy atom. The molecule has 15 heteroatoms. The van der Waals surface area contributed by atoms with Gasteiger partial charge in [0.15, 0.2) is 5.60 Å². The van der Waals surface area contributed by atoms with E-state index in [1.807, 2.05) is 78.9 Å². The van der Waals surface area contributed by atoms with Crippen LogP contribution in [0.1, 0.15) is 88.2 Å². The van der Waals surface area contributed by atoms with Gasteiger partial charge in [-0.1, -0.05) is 88.4 Å². The lowest BCUT2D eigenvalue weighted by Gasteiger charge is -2.36. The highest BCUT2D eigenvalue weighted by Gasteiger charge is 2.54. The Labute approximate surface area is 411 Å². The molecule has 0 saturated heterocycles. The van der Waals surface area contributed by atoms with Crippen molar-refractivity contribution in [2.45, 2.75) is 51.4 Å². The van der Waals surface area contributed by atoms with Crippen molar-refractivity contribution in [3.63, 3.8) is 0 Å². The highest BCUT2D eigenvalue weighted by atomic mass is 16.6. The van der Waals surface area contributed by atoms with Crippen LogP contribution in [0.4, 0.5) is 0 Å². The third-order valence-corrected chi connectivity index (χ3v) is 12.3. The zero-order chi connectivity index (χ0) is 50.5. The molecular weight excluding hydrogens is 909 g/mol. The van der Waals surface area contributed by atoms with Crippen molar-refractivity contribution in [1.29, 1.82) is 0 Å². The van der Waals surface area contributed by atoms with E-state index in [2.05, 4.69) is 10.6 Å². The molecule has 71 heavy (non-hydrogen) atoms. The Morgan fingerprint density at radius 3 is 1.63 bits per heavy atom. The number of benzene rings is 6. The van der Waals surface area contributed by atoms with E-state index in [-0.39, 0.29) is 60.2 Å². The van der Waals surface area contributed by atoms with Gasteiger partial charge in [-0.25, -0.2) is 4.79 Å². The van der Waals surface area contributed by atoms with E-state index < -0.39 is 58.9 Å². The van der Waals surface area contributed by atoms with E-state index in [4.69, 9.17) is 33.2 Å². The first-order valence-corrected chi connectivity index (χ1v) is 23.2. The molecule has 8 rings (SSSR count). The summed E-state index contributed by atoms with van der Waals surface area (Å²) >= 11 is 0. The van der Waals surface area contributed by atoms with E-state index in [1.165, 1.54) is 18.2 Å². The number of fused-ring (bicyclic) bond motifs is 6. The largest absolute Gasteiger partial charge is 0.497 e. The molecule has 2 heterocycles. The minimum absolute atomic E-state index is 0.00313. The molecule has 0 unspecified atom stereocenters. The number of aliphatic hydroxyl groups is 1. The van der Waals surface area contributed by atoms with E-state index >= 15 is 0 Å². The Kier molecular flexibility index (Phi) is 14.6. The van der Waals surface area contributed by atoms with Gasteiger partial charge in [0, 0.05) is 53.9 Å². The summed E-state index contributed by atoms with van der Waals surface area (Å²) in [5.41, 5.74) is 1.27. The van der Waals surface area contributed by atoms with Crippen LogP contribution in [0.5, 0.6) is 34.5 Å². The summed E-state index contributed by atoms with van der Waals surface area (Å²) in [5, 5.41) is 16.5. The Morgan fingerprint density at radius 2 is 1.11 bits per heavy atom. The lowest BCUT2D eigenvalue weighted by Crippen LogP contribution is -2.41. The molecule has 0 fully saturated rings. The Hall–Kier alpha value is -8.01. The summed E-state index contributed by atoms with van der Waals surface area (Å²) in [4.78, 5) is 65.6. The number of nitrogens with one attached hydrogen (secondary N) is 2. The molecule has 3 N–H and O–H groups in total. The number of ether oxygens (including phenoxy) is 7. The second-order valence-electron chi connectivity index (χ2n) is 17.6. The highest BCUT2D eigenvalue weighted by Crippen LogP contribution is 2.57. The lowest BCUT2D eigenvalue weighted by molar-refractivity contribution is -0.138. The fourth-order valence-electron chi connectivity index (χ4n) is 8.54. The van der Waals surface area contributed by atoms with Crippen LogP contribution in [0, 0.1) is 11.8 Å². The van der Waals surface area contributed by atoms with Crippen LogP contribution in [0.15, 0.2) is 133 Å². The van der Waals surface area contributed by atoms with Crippen molar-refractivity contribution >= 4 is 29.7 Å². The summed E-state index contributed by atoms with van der Waals surface area (Å²) in [6.07, 6.45) is -1.49. The first kappa shape index (κ1) is 49.4. The van der Waals surface area contributed by atoms with Gasteiger partial charge in [0.1, 0.15) is 46.2 Å². The zero-order valence-corrected chi connectivity index (χ0v) is 40.1. The molecule has 0 saturated carbocycles. The minimum atomic E-state index is -1.56. The van der Waals surface area contributed by atoms with Gasteiger partial charge in [0.2, 0.25) is 5.91 Å². The molecule has 0 aliphatic carbocycles. The molecule has 0 radical (unpaired) electrons. The van der Waals surface area contributed by atoms with Crippen molar-refractivity contribution < 1.29 is 62.2 Å². The van der Waals surface area contributed by atoms with Gasteiger partial charge in [0.25, 0.3) is 5.91 Å². The first-order chi connectivity index (χ1) is 34.2. The second kappa shape index (κ2) is 20.9. The van der Waals surface area contributed by atoms with Crippen LogP contribution >= 0.6 is 0 Å². The van der Waals surface area contributed by atoms with Crippen molar-refractivity contribution in [2.24, 2.45) is 11.8 Å². The van der Waals surface area contributed by atoms with Crippen LogP contribution in [-0.2, 0) is 35.1 Å². The predicted octanol–water partition coefficient (Wildman–Crippen LogP) is 8.00. The zero-order valence-electron chi connectivity index (χ0n) is 40.1. The summed E-state index contributed by atoms with van der Waals surface area (Å²) in [7, 11) is 3.18. The van der Waals surface area contributed by atoms with Gasteiger partial charge in [0.05, 0.1) is 38.2 Å². The fourth-order valence-corrected chi connectivity index (χ4v) is 8.54. The Bertz CT molecular complexity index is 2830. The molecular formula is C56H54N2O13. The molecule has 366 valence electrons. The third kappa shape index (κ3) is 9.92. The van der Waals surface area contributed by atoms with E-state index in [9.17, 15) is 29.1 Å². The molecule has 2 amide bonds. The summed E-state index contributed by atoms with van der Waals surface area (Å²) < 4.78 is 41.4. The predicted molar refractivity (Wildman–Crippen MR) is 260 cm³/mol. The monoisotopic (exact) mass is 962 g/mol. The number of rotatable bonds is 18. The van der Waals surface area contributed by atoms with Crippen LogP contribution in [0.25, 0.3) is 0 Å². The van der Waals surface area contributed by atoms with Gasteiger partial charge in [-0.2, -0.15) is 0 Å². The number of hydrogen-bond acceptors (Lipinski definition) is 13. The second-order valence-corrected chi connectivity index (χ2v) is 17.6. The SMILES string of the molecule is COc1ccc(C(OCC[C@@H](O)C(=O)NCCNC(=O)c2ccc3c(c2)C(=O)OC32c3ccc(OC(=O)C(C)C)cc3Oc3cc(OC(=O)C(C)C)ccc32)(c2ccccc2)c2ccc(OC)cc2)cc1. The molecule has 15 nitrogen and oxygen atoms in total. The minimum Gasteiger partial charge on any atom is -0.497 e. The Balaban J connectivity index is 0.946. The van der Waals surface area contributed by atoms with Gasteiger partial charge < -0.3 is 48.9 Å². The number of methoxy groups -OCH3 is 2. The van der Waals surface area contributed by atoms with Gasteiger partial charge in [-0.15, -0.1) is 0 Å². The quantitative estimate of drug-likeness (QED) is 0.0325. The fraction of sp³-hybridized carbons (Fsp3) is 0.268. The maximum absolute atomic E-state index is 13.9. The molecule has 2 aliphatic heterocycles. The van der Waals surface area contributed by atoms with Gasteiger partial charge >= 0.3 is 17.9 Å². The third-order valence-electron chi connectivity index (χ3n) is 12.3. The highest BCUT2D eigenvalue weighted by molar-refractivity contribution is 6.01. The molecule has 0 aromatic heterocycles. The molecule has 1 atom stereocenters. The average molecular weight is 963 g/mol. The summed E-state index contributed by atoms with van der Waals surface area (Å²) in [6.45, 7) is 6.80. The van der Waals surface area contributed by atoms with Crippen LogP contribution in [0.3, 0.4) is 0 Å². The number of carbonyl (C=O) groups excluding carboxylic acids is 5. The molecule has 0 bridgehead atoms. The summed E-state index contributed by atoms with van der Waals surface area (Å²) in [6, 6.07) is 38.8. The number of carbonyl (C=O) groups is 5. The maximum atomic E-state index is 13.9. The topological polar surface area (TPSA) is 194 Å². The maximum Gasteiger partial charge on any atom is 0.340 e. The molecule has 2 aliphatic rings. The normalized spacial score (nSPS) is 13.5. The average Bonchev–Trinajstić information content (AvgIpc) is 3.67. The van der Waals surface area contributed by atoms with Crippen molar-refractivity contribution in [1.82, 2.24) is 10.6 Å². The molecule has 6 aromatic carbocycles.